The summed E-state index contributed by atoms with van der Waals surface area (Å²) in [6.07, 6.45) is 0. The first-order valence-electron chi connectivity index (χ1n) is 7.21. The largest absolute Gasteiger partial charge is 0.355 e. The zero-order chi connectivity index (χ0) is 15.2. The van der Waals surface area contributed by atoms with Crippen molar-refractivity contribution in [3.05, 3.63) is 29.3 Å². The lowest BCUT2D eigenvalue weighted by molar-refractivity contribution is -0.904. The fourth-order valence-electron chi connectivity index (χ4n) is 2.10. The molecule has 21 heavy (non-hydrogen) atoms. The zero-order valence-electron chi connectivity index (χ0n) is 12.7. The number of carbonyl (C=O) groups excluding carboxylic acids is 1. The van der Waals surface area contributed by atoms with Gasteiger partial charge < -0.3 is 14.7 Å². The van der Waals surface area contributed by atoms with E-state index in [4.69, 9.17) is 4.52 Å². The molecule has 2 aromatic rings. The van der Waals surface area contributed by atoms with Crippen molar-refractivity contribution in [2.45, 2.75) is 33.4 Å². The van der Waals surface area contributed by atoms with Crippen LogP contribution < -0.4 is 10.2 Å². The molecular formula is C15H22N3O2S+. The maximum atomic E-state index is 11.8. The average molecular weight is 308 g/mol. The second-order valence-corrected chi connectivity index (χ2v) is 6.29. The van der Waals surface area contributed by atoms with Gasteiger partial charge in [-0.2, -0.15) is 0 Å². The Labute approximate surface area is 128 Å². The topological polar surface area (TPSA) is 59.6 Å². The number of rotatable bonds is 7. The Morgan fingerprint density at radius 1 is 1.52 bits per heavy atom. The maximum Gasteiger partial charge on any atom is 0.275 e. The van der Waals surface area contributed by atoms with E-state index < -0.39 is 0 Å². The highest BCUT2D eigenvalue weighted by atomic mass is 32.1. The predicted molar refractivity (Wildman–Crippen MR) is 83.2 cm³/mol. The highest BCUT2D eigenvalue weighted by molar-refractivity contribution is 7.13. The molecule has 0 bridgehead atoms. The summed E-state index contributed by atoms with van der Waals surface area (Å²) in [7, 11) is 0. The van der Waals surface area contributed by atoms with Crippen LogP contribution in [0.2, 0.25) is 0 Å². The van der Waals surface area contributed by atoms with Gasteiger partial charge in [0, 0.05) is 12.1 Å². The molecule has 1 unspecified atom stereocenters. The summed E-state index contributed by atoms with van der Waals surface area (Å²) in [4.78, 5) is 14.1. The third kappa shape index (κ3) is 4.68. The Bertz CT molecular complexity index is 563. The zero-order valence-corrected chi connectivity index (χ0v) is 13.5. The van der Waals surface area contributed by atoms with Gasteiger partial charge in [-0.15, -0.1) is 11.3 Å². The van der Waals surface area contributed by atoms with Crippen LogP contribution in [0, 0.1) is 0 Å². The van der Waals surface area contributed by atoms with Gasteiger partial charge in [-0.05, 0) is 32.2 Å². The second kappa shape index (κ2) is 7.38. The number of nitrogens with one attached hydrogen (secondary N) is 2. The molecule has 1 amide bonds. The van der Waals surface area contributed by atoms with E-state index in [0.717, 1.165) is 22.9 Å². The van der Waals surface area contributed by atoms with E-state index in [0.29, 0.717) is 13.1 Å². The molecule has 2 aromatic heterocycles. The molecule has 2 N–H and O–H groups in total. The lowest BCUT2D eigenvalue weighted by atomic mass is 10.3. The Kier molecular flexibility index (Phi) is 5.52. The molecule has 0 aliphatic carbocycles. The molecule has 0 fully saturated rings. The monoisotopic (exact) mass is 308 g/mol. The van der Waals surface area contributed by atoms with E-state index in [9.17, 15) is 4.79 Å². The van der Waals surface area contributed by atoms with Gasteiger partial charge in [0.05, 0.1) is 11.4 Å². The third-order valence-corrected chi connectivity index (χ3v) is 4.00. The number of amides is 1. The normalized spacial score (nSPS) is 12.6. The summed E-state index contributed by atoms with van der Waals surface area (Å²) in [5.41, 5.74) is 0.882. The van der Waals surface area contributed by atoms with Gasteiger partial charge in [-0.1, -0.05) is 11.2 Å². The van der Waals surface area contributed by atoms with Gasteiger partial charge in [0.15, 0.2) is 12.3 Å². The number of aromatic nitrogens is 1. The first-order chi connectivity index (χ1) is 10.1. The fourth-order valence-corrected chi connectivity index (χ4v) is 2.77. The maximum absolute atomic E-state index is 11.8. The number of nitrogens with zero attached hydrogens (tertiary/aromatic N) is 1. The summed E-state index contributed by atoms with van der Waals surface area (Å²) >= 11 is 1.63. The minimum absolute atomic E-state index is 0.0730. The van der Waals surface area contributed by atoms with Gasteiger partial charge in [0.2, 0.25) is 0 Å². The van der Waals surface area contributed by atoms with E-state index in [2.05, 4.69) is 17.4 Å². The summed E-state index contributed by atoms with van der Waals surface area (Å²) in [5.74, 6) is 0.867. The van der Waals surface area contributed by atoms with Gasteiger partial charge in [-0.3, -0.25) is 4.79 Å². The number of quaternary nitrogens is 1. The SMILES string of the molecule is CC[NH+](CC(=O)NC(C)C)Cc1cc(-c2cccs2)on1. The molecule has 0 spiro atoms. The van der Waals surface area contributed by atoms with E-state index in [1.54, 1.807) is 11.3 Å². The number of likely N-dealkylation sites (N-methyl/N-ethyl adjacent to an activating group) is 1. The molecule has 0 aliphatic rings. The molecule has 0 aromatic carbocycles. The molecular weight excluding hydrogens is 286 g/mol. The van der Waals surface area contributed by atoms with E-state index in [1.807, 2.05) is 37.4 Å². The lowest BCUT2D eigenvalue weighted by Gasteiger charge is -2.16. The summed E-state index contributed by atoms with van der Waals surface area (Å²) in [6.45, 7) is 8.01. The Morgan fingerprint density at radius 3 is 2.95 bits per heavy atom. The standard InChI is InChI=1S/C15H21N3O2S/c1-4-18(10-15(19)16-11(2)3)9-12-8-13(20-17-12)14-6-5-7-21-14/h5-8,11H,4,9-10H2,1-3H3,(H,16,19)/p+1. The quantitative estimate of drug-likeness (QED) is 0.811. The molecule has 1 atom stereocenters. The van der Waals surface area contributed by atoms with Crippen LogP contribution in [-0.4, -0.2) is 30.2 Å². The van der Waals surface area contributed by atoms with Crippen LogP contribution in [0.3, 0.4) is 0 Å². The number of carbonyl (C=O) groups is 1. The molecule has 2 heterocycles. The van der Waals surface area contributed by atoms with Gasteiger partial charge in [-0.25, -0.2) is 0 Å². The van der Waals surface area contributed by atoms with Crippen molar-refractivity contribution in [1.82, 2.24) is 10.5 Å². The fraction of sp³-hybridized carbons (Fsp3) is 0.467. The molecule has 0 radical (unpaired) electrons. The van der Waals surface area contributed by atoms with Gasteiger partial charge >= 0.3 is 0 Å². The number of hydrogen-bond acceptors (Lipinski definition) is 4. The van der Waals surface area contributed by atoms with E-state index in [1.165, 1.54) is 4.90 Å². The van der Waals surface area contributed by atoms with Crippen molar-refractivity contribution in [3.8, 4) is 10.6 Å². The highest BCUT2D eigenvalue weighted by Gasteiger charge is 2.16. The van der Waals surface area contributed by atoms with Crippen molar-refractivity contribution in [1.29, 1.82) is 0 Å². The first kappa shape index (κ1) is 15.7. The van der Waals surface area contributed by atoms with Crippen LogP contribution in [0.5, 0.6) is 0 Å². The van der Waals surface area contributed by atoms with E-state index >= 15 is 0 Å². The Hall–Kier alpha value is -1.66. The van der Waals surface area contributed by atoms with Crippen molar-refractivity contribution in [2.75, 3.05) is 13.1 Å². The Balaban J connectivity index is 1.94. The summed E-state index contributed by atoms with van der Waals surface area (Å²) in [6, 6.07) is 6.13. The first-order valence-corrected chi connectivity index (χ1v) is 8.08. The van der Waals surface area contributed by atoms with Crippen LogP contribution in [0.1, 0.15) is 26.5 Å². The molecule has 0 saturated heterocycles. The summed E-state index contributed by atoms with van der Waals surface area (Å²) < 4.78 is 5.37. The van der Waals surface area contributed by atoms with E-state index in [-0.39, 0.29) is 11.9 Å². The van der Waals surface area contributed by atoms with Gasteiger partial charge in [0.1, 0.15) is 12.2 Å². The molecule has 5 nitrogen and oxygen atoms in total. The smallest absolute Gasteiger partial charge is 0.275 e. The summed E-state index contributed by atoms with van der Waals surface area (Å²) in [5, 5.41) is 9.04. The number of hydrogen-bond donors (Lipinski definition) is 2. The van der Waals surface area contributed by atoms with Crippen LogP contribution in [-0.2, 0) is 11.3 Å². The lowest BCUT2D eigenvalue weighted by Crippen LogP contribution is -3.11. The predicted octanol–water partition coefficient (Wildman–Crippen LogP) is 1.33. The van der Waals surface area contributed by atoms with Crippen molar-refractivity contribution in [2.24, 2.45) is 0 Å². The van der Waals surface area contributed by atoms with Crippen LogP contribution >= 0.6 is 11.3 Å². The van der Waals surface area contributed by atoms with Crippen molar-refractivity contribution < 1.29 is 14.2 Å². The van der Waals surface area contributed by atoms with Gasteiger partial charge in [0.25, 0.3) is 5.91 Å². The molecule has 114 valence electrons. The third-order valence-electron chi connectivity index (χ3n) is 3.11. The van der Waals surface area contributed by atoms with Crippen molar-refractivity contribution >= 4 is 17.2 Å². The average Bonchev–Trinajstić information content (AvgIpc) is 3.07. The minimum Gasteiger partial charge on any atom is -0.355 e. The molecule has 0 saturated carbocycles. The van der Waals surface area contributed by atoms with Crippen LogP contribution in [0.15, 0.2) is 28.1 Å². The molecule has 6 heteroatoms. The van der Waals surface area contributed by atoms with Crippen LogP contribution in [0.4, 0.5) is 0 Å². The second-order valence-electron chi connectivity index (χ2n) is 5.34. The van der Waals surface area contributed by atoms with Crippen molar-refractivity contribution in [3.63, 3.8) is 0 Å². The van der Waals surface area contributed by atoms with Crippen LogP contribution in [0.25, 0.3) is 10.6 Å². The Morgan fingerprint density at radius 2 is 2.33 bits per heavy atom. The molecule has 2 rings (SSSR count). The number of thiophene rings is 1. The highest BCUT2D eigenvalue weighted by Crippen LogP contribution is 2.24. The minimum atomic E-state index is 0.0730. The molecule has 0 aliphatic heterocycles.